The van der Waals surface area contributed by atoms with Gasteiger partial charge in [-0.1, -0.05) is 57.5 Å². The smallest absolute Gasteiger partial charge is 0.0438 e. The van der Waals surface area contributed by atoms with Crippen LogP contribution in [0.1, 0.15) is 53.0 Å². The number of hydrogen-bond acceptors (Lipinski definition) is 1. The van der Waals surface area contributed by atoms with Crippen molar-refractivity contribution in [2.45, 2.75) is 66.0 Å². The van der Waals surface area contributed by atoms with Crippen molar-refractivity contribution in [2.75, 3.05) is 0 Å². The van der Waals surface area contributed by atoms with Crippen LogP contribution in [0.5, 0.6) is 0 Å². The molecule has 1 nitrogen and oxygen atoms in total. The molecule has 0 aliphatic carbocycles. The number of benzene rings is 1. The second kappa shape index (κ2) is 8.69. The second-order valence-corrected chi connectivity index (χ2v) is 7.23. The number of rotatable bonds is 8. The average Bonchev–Trinajstić information content (AvgIpc) is 2.30. The fourth-order valence-electron chi connectivity index (χ4n) is 2.83. The van der Waals surface area contributed by atoms with E-state index in [1.54, 1.807) is 0 Å². The maximum Gasteiger partial charge on any atom is 0.0438 e. The Hall–Kier alpha value is -0.530. The van der Waals surface area contributed by atoms with E-state index in [1.807, 2.05) is 12.1 Å². The lowest BCUT2D eigenvalue weighted by atomic mass is 9.94. The largest absolute Gasteiger partial charge is 0.311 e. The van der Waals surface area contributed by atoms with E-state index in [9.17, 15) is 0 Å². The minimum absolute atomic E-state index is 0.456. The molecule has 0 saturated carbocycles. The van der Waals surface area contributed by atoms with Gasteiger partial charge in [-0.2, -0.15) is 0 Å². The van der Waals surface area contributed by atoms with E-state index in [4.69, 9.17) is 11.6 Å². The van der Waals surface area contributed by atoms with E-state index in [1.165, 1.54) is 18.4 Å². The van der Waals surface area contributed by atoms with Crippen molar-refractivity contribution in [3.63, 3.8) is 0 Å². The first-order valence-electron chi connectivity index (χ1n) is 7.88. The molecule has 2 heteroatoms. The molecule has 0 saturated heterocycles. The number of nitrogens with one attached hydrogen (secondary N) is 1. The SMILES string of the molecule is CC(C)CC(CC(C)C)NC(C)Cc1ccccc1Cl. The minimum Gasteiger partial charge on any atom is -0.311 e. The van der Waals surface area contributed by atoms with E-state index in [0.29, 0.717) is 12.1 Å². The number of halogens is 1. The van der Waals surface area contributed by atoms with E-state index in [2.05, 4.69) is 52.1 Å². The maximum atomic E-state index is 6.25. The molecule has 0 aliphatic heterocycles. The molecule has 0 amide bonds. The highest BCUT2D eigenvalue weighted by Gasteiger charge is 2.16. The molecule has 0 aromatic heterocycles. The summed E-state index contributed by atoms with van der Waals surface area (Å²) in [5.74, 6) is 1.47. The first kappa shape index (κ1) is 17.5. The molecule has 20 heavy (non-hydrogen) atoms. The third kappa shape index (κ3) is 6.76. The van der Waals surface area contributed by atoms with Crippen LogP contribution in [0.2, 0.25) is 5.02 Å². The van der Waals surface area contributed by atoms with E-state index in [-0.39, 0.29) is 0 Å². The van der Waals surface area contributed by atoms with Crippen molar-refractivity contribution in [3.8, 4) is 0 Å². The van der Waals surface area contributed by atoms with Crippen LogP contribution in [0.3, 0.4) is 0 Å². The van der Waals surface area contributed by atoms with Crippen LogP contribution >= 0.6 is 11.6 Å². The zero-order chi connectivity index (χ0) is 15.1. The fourth-order valence-corrected chi connectivity index (χ4v) is 3.04. The molecule has 0 bridgehead atoms. The zero-order valence-corrected chi connectivity index (χ0v) is 14.4. The molecule has 1 N–H and O–H groups in total. The predicted octanol–water partition coefficient (Wildman–Crippen LogP) is 5.32. The van der Waals surface area contributed by atoms with Gasteiger partial charge in [0.2, 0.25) is 0 Å². The summed E-state index contributed by atoms with van der Waals surface area (Å²) < 4.78 is 0. The van der Waals surface area contributed by atoms with Gasteiger partial charge < -0.3 is 5.32 Å². The van der Waals surface area contributed by atoms with Crippen LogP contribution < -0.4 is 5.32 Å². The summed E-state index contributed by atoms with van der Waals surface area (Å²) in [6.45, 7) is 11.5. The van der Waals surface area contributed by atoms with Crippen molar-refractivity contribution in [1.29, 1.82) is 0 Å². The third-order valence-corrected chi connectivity index (χ3v) is 3.88. The standard InChI is InChI=1S/C18H30ClN/c1-13(2)10-17(11-14(3)4)20-15(5)12-16-8-6-7-9-18(16)19/h6-9,13-15,17,20H,10-12H2,1-5H3. The molecule has 1 aromatic carbocycles. The molecular formula is C18H30ClN. The van der Waals surface area contributed by atoms with Crippen molar-refractivity contribution < 1.29 is 0 Å². The Labute approximate surface area is 130 Å². The number of hydrogen-bond donors (Lipinski definition) is 1. The normalized spacial score (nSPS) is 13.4. The summed E-state index contributed by atoms with van der Waals surface area (Å²) >= 11 is 6.25. The van der Waals surface area contributed by atoms with Crippen molar-refractivity contribution in [1.82, 2.24) is 5.32 Å². The van der Waals surface area contributed by atoms with Gasteiger partial charge in [-0.25, -0.2) is 0 Å². The van der Waals surface area contributed by atoms with Crippen LogP contribution in [0.4, 0.5) is 0 Å². The molecule has 1 aromatic rings. The highest BCUT2D eigenvalue weighted by Crippen LogP contribution is 2.18. The molecule has 0 heterocycles. The summed E-state index contributed by atoms with van der Waals surface area (Å²) in [5, 5.41) is 4.68. The van der Waals surface area contributed by atoms with Gasteiger partial charge in [0.05, 0.1) is 0 Å². The van der Waals surface area contributed by atoms with Crippen LogP contribution in [0.15, 0.2) is 24.3 Å². The Bertz CT molecular complexity index is 377. The monoisotopic (exact) mass is 295 g/mol. The minimum atomic E-state index is 0.456. The van der Waals surface area contributed by atoms with Gasteiger partial charge in [0, 0.05) is 17.1 Å². The summed E-state index contributed by atoms with van der Waals surface area (Å²) in [6.07, 6.45) is 3.47. The van der Waals surface area contributed by atoms with Gasteiger partial charge in [0.15, 0.2) is 0 Å². The summed E-state index contributed by atoms with van der Waals surface area (Å²) in [7, 11) is 0. The van der Waals surface area contributed by atoms with Crippen molar-refractivity contribution in [3.05, 3.63) is 34.9 Å². The van der Waals surface area contributed by atoms with E-state index >= 15 is 0 Å². The van der Waals surface area contributed by atoms with Crippen molar-refractivity contribution >= 4 is 11.6 Å². The Kier molecular flexibility index (Phi) is 7.61. The quantitative estimate of drug-likeness (QED) is 0.684. The topological polar surface area (TPSA) is 12.0 Å². The molecule has 0 aliphatic rings. The van der Waals surface area contributed by atoms with Crippen LogP contribution in [-0.2, 0) is 6.42 Å². The summed E-state index contributed by atoms with van der Waals surface area (Å²) in [6, 6.07) is 9.21. The summed E-state index contributed by atoms with van der Waals surface area (Å²) in [5.41, 5.74) is 1.24. The molecule has 0 spiro atoms. The van der Waals surface area contributed by atoms with Gasteiger partial charge in [-0.3, -0.25) is 0 Å². The Balaban J connectivity index is 2.56. The highest BCUT2D eigenvalue weighted by molar-refractivity contribution is 6.31. The molecule has 1 unspecified atom stereocenters. The molecule has 0 radical (unpaired) electrons. The van der Waals surface area contributed by atoms with Crippen molar-refractivity contribution in [2.24, 2.45) is 11.8 Å². The lowest BCUT2D eigenvalue weighted by Crippen LogP contribution is -2.39. The van der Waals surface area contributed by atoms with E-state index in [0.717, 1.165) is 23.3 Å². The fraction of sp³-hybridized carbons (Fsp3) is 0.667. The highest BCUT2D eigenvalue weighted by atomic mass is 35.5. The maximum absolute atomic E-state index is 6.25. The summed E-state index contributed by atoms with van der Waals surface area (Å²) in [4.78, 5) is 0. The van der Waals surface area contributed by atoms with Crippen LogP contribution in [0, 0.1) is 11.8 Å². The molecule has 0 fully saturated rings. The lowest BCUT2D eigenvalue weighted by molar-refractivity contribution is 0.332. The Morgan fingerprint density at radius 2 is 1.50 bits per heavy atom. The second-order valence-electron chi connectivity index (χ2n) is 6.82. The lowest BCUT2D eigenvalue weighted by Gasteiger charge is -2.26. The molecular weight excluding hydrogens is 266 g/mol. The molecule has 1 rings (SSSR count). The van der Waals surface area contributed by atoms with Gasteiger partial charge in [-0.05, 0) is 49.7 Å². The third-order valence-electron chi connectivity index (χ3n) is 3.52. The molecule has 1 atom stereocenters. The van der Waals surface area contributed by atoms with Gasteiger partial charge in [-0.15, -0.1) is 0 Å². The van der Waals surface area contributed by atoms with Crippen LogP contribution in [-0.4, -0.2) is 12.1 Å². The van der Waals surface area contributed by atoms with Gasteiger partial charge >= 0.3 is 0 Å². The average molecular weight is 296 g/mol. The van der Waals surface area contributed by atoms with Gasteiger partial charge in [0.25, 0.3) is 0 Å². The Morgan fingerprint density at radius 1 is 0.950 bits per heavy atom. The van der Waals surface area contributed by atoms with E-state index < -0.39 is 0 Å². The first-order chi connectivity index (χ1) is 9.38. The van der Waals surface area contributed by atoms with Crippen LogP contribution in [0.25, 0.3) is 0 Å². The van der Waals surface area contributed by atoms with Gasteiger partial charge in [0.1, 0.15) is 0 Å². The Morgan fingerprint density at radius 3 is 2.00 bits per heavy atom. The predicted molar refractivity (Wildman–Crippen MR) is 90.5 cm³/mol. The first-order valence-corrected chi connectivity index (χ1v) is 8.25. The zero-order valence-electron chi connectivity index (χ0n) is 13.6. The molecule has 114 valence electrons.